The molecule has 0 fully saturated rings. The van der Waals surface area contributed by atoms with Gasteiger partial charge in [-0.1, -0.05) is 44.0 Å². The summed E-state index contributed by atoms with van der Waals surface area (Å²) in [6, 6.07) is 15.4. The van der Waals surface area contributed by atoms with Crippen molar-refractivity contribution in [2.24, 2.45) is 5.92 Å². The van der Waals surface area contributed by atoms with E-state index >= 15 is 0 Å². The Balaban J connectivity index is 1.78. The topological polar surface area (TPSA) is 68.0 Å². The number of carbonyl (C=O) groups excluding carboxylic acids is 1. The summed E-state index contributed by atoms with van der Waals surface area (Å²) in [5.74, 6) is 0.916. The molecule has 1 aromatic heterocycles. The van der Waals surface area contributed by atoms with Crippen LogP contribution in [-0.2, 0) is 4.79 Å². The molecule has 0 radical (unpaired) electrons. The molecule has 0 aliphatic rings. The lowest BCUT2D eigenvalue weighted by Gasteiger charge is -2.11. The second-order valence-corrected chi connectivity index (χ2v) is 6.54. The van der Waals surface area contributed by atoms with Crippen LogP contribution in [0.4, 0.5) is 5.69 Å². The van der Waals surface area contributed by atoms with E-state index in [4.69, 9.17) is 4.42 Å². The van der Waals surface area contributed by atoms with Gasteiger partial charge >= 0.3 is 0 Å². The fourth-order valence-electron chi connectivity index (χ4n) is 2.71. The average Bonchev–Trinajstić information content (AvgIpc) is 3.13. The molecule has 5 nitrogen and oxygen atoms in total. The molecule has 3 aromatic rings. The average molecular weight is 349 g/mol. The molecule has 2 aromatic carbocycles. The van der Waals surface area contributed by atoms with Gasteiger partial charge in [0.2, 0.25) is 17.7 Å². The van der Waals surface area contributed by atoms with Crippen molar-refractivity contribution in [1.82, 2.24) is 10.2 Å². The Kier molecular flexibility index (Phi) is 5.46. The number of aryl methyl sites for hydroxylation is 1. The molecule has 3 rings (SSSR count). The lowest BCUT2D eigenvalue weighted by Crippen LogP contribution is -2.20. The molecule has 5 heteroatoms. The van der Waals surface area contributed by atoms with E-state index in [0.29, 0.717) is 11.8 Å². The number of carbonyl (C=O) groups is 1. The van der Waals surface area contributed by atoms with Crippen LogP contribution in [0.1, 0.15) is 32.3 Å². The zero-order valence-corrected chi connectivity index (χ0v) is 15.3. The van der Waals surface area contributed by atoms with E-state index in [1.54, 1.807) is 0 Å². The SMILES string of the molecule is CCCC(C)C(=O)Nc1cccc(-c2nnc(-c3ccc(C)cc3)o2)c1. The Labute approximate surface area is 153 Å². The highest BCUT2D eigenvalue weighted by Gasteiger charge is 2.14. The Morgan fingerprint density at radius 2 is 1.77 bits per heavy atom. The van der Waals surface area contributed by atoms with E-state index in [1.807, 2.05) is 62.4 Å². The van der Waals surface area contributed by atoms with Crippen LogP contribution in [0.25, 0.3) is 22.9 Å². The summed E-state index contributed by atoms with van der Waals surface area (Å²) < 4.78 is 5.81. The lowest BCUT2D eigenvalue weighted by atomic mass is 10.1. The van der Waals surface area contributed by atoms with E-state index in [0.717, 1.165) is 29.7 Å². The van der Waals surface area contributed by atoms with Crippen LogP contribution >= 0.6 is 0 Å². The summed E-state index contributed by atoms with van der Waals surface area (Å²) in [5, 5.41) is 11.2. The standard InChI is InChI=1S/C21H23N3O2/c1-4-6-15(3)19(25)22-18-8-5-7-17(13-18)21-24-23-20(26-21)16-11-9-14(2)10-12-16/h5,7-13,15H,4,6H2,1-3H3,(H,22,25). The van der Waals surface area contributed by atoms with Gasteiger partial charge in [0.15, 0.2) is 0 Å². The van der Waals surface area contributed by atoms with Gasteiger partial charge in [0.25, 0.3) is 0 Å². The molecule has 1 unspecified atom stereocenters. The summed E-state index contributed by atoms with van der Waals surface area (Å²) in [5.41, 5.74) is 3.56. The zero-order chi connectivity index (χ0) is 18.5. The Bertz CT molecular complexity index is 884. The normalized spacial score (nSPS) is 12.0. The van der Waals surface area contributed by atoms with Gasteiger partial charge in [-0.15, -0.1) is 10.2 Å². The summed E-state index contributed by atoms with van der Waals surface area (Å²) in [7, 11) is 0. The number of benzene rings is 2. The molecule has 0 saturated heterocycles. The molecule has 134 valence electrons. The minimum absolute atomic E-state index is 0.0137. The number of hydrogen-bond donors (Lipinski definition) is 1. The van der Waals surface area contributed by atoms with Crippen molar-refractivity contribution in [2.75, 3.05) is 5.32 Å². The Morgan fingerprint density at radius 3 is 2.46 bits per heavy atom. The Hall–Kier alpha value is -2.95. The van der Waals surface area contributed by atoms with Crippen LogP contribution in [0.3, 0.4) is 0 Å². The van der Waals surface area contributed by atoms with Crippen molar-refractivity contribution in [2.45, 2.75) is 33.6 Å². The number of anilines is 1. The van der Waals surface area contributed by atoms with Crippen molar-refractivity contribution in [3.8, 4) is 22.9 Å². The van der Waals surface area contributed by atoms with E-state index in [9.17, 15) is 4.79 Å². The third-order valence-corrected chi connectivity index (χ3v) is 4.27. The van der Waals surface area contributed by atoms with E-state index in [2.05, 4.69) is 22.4 Å². The van der Waals surface area contributed by atoms with Crippen LogP contribution in [0.5, 0.6) is 0 Å². The first-order chi connectivity index (χ1) is 12.6. The molecule has 1 amide bonds. The molecule has 0 saturated carbocycles. The first kappa shape index (κ1) is 17.9. The lowest BCUT2D eigenvalue weighted by molar-refractivity contribution is -0.119. The predicted octanol–water partition coefficient (Wildman–Crippen LogP) is 5.09. The van der Waals surface area contributed by atoms with E-state index in [-0.39, 0.29) is 11.8 Å². The number of aromatic nitrogens is 2. The highest BCUT2D eigenvalue weighted by atomic mass is 16.4. The number of hydrogen-bond acceptors (Lipinski definition) is 4. The molecule has 1 heterocycles. The van der Waals surface area contributed by atoms with Crippen molar-refractivity contribution in [3.05, 3.63) is 54.1 Å². The van der Waals surface area contributed by atoms with Gasteiger partial charge in [-0.3, -0.25) is 4.79 Å². The van der Waals surface area contributed by atoms with Gasteiger partial charge in [0.05, 0.1) is 0 Å². The van der Waals surface area contributed by atoms with Gasteiger partial charge in [-0.25, -0.2) is 0 Å². The summed E-state index contributed by atoms with van der Waals surface area (Å²) in [6.07, 6.45) is 1.85. The van der Waals surface area contributed by atoms with Crippen molar-refractivity contribution in [1.29, 1.82) is 0 Å². The fourth-order valence-corrected chi connectivity index (χ4v) is 2.71. The number of amides is 1. The minimum Gasteiger partial charge on any atom is -0.416 e. The van der Waals surface area contributed by atoms with Gasteiger partial charge in [0, 0.05) is 22.7 Å². The van der Waals surface area contributed by atoms with E-state index < -0.39 is 0 Å². The van der Waals surface area contributed by atoms with Crippen molar-refractivity contribution < 1.29 is 9.21 Å². The summed E-state index contributed by atoms with van der Waals surface area (Å²) in [4.78, 5) is 12.2. The highest BCUT2D eigenvalue weighted by Crippen LogP contribution is 2.26. The van der Waals surface area contributed by atoms with Crippen molar-refractivity contribution in [3.63, 3.8) is 0 Å². The Morgan fingerprint density at radius 1 is 1.08 bits per heavy atom. The molecule has 0 aliphatic carbocycles. The number of nitrogens with zero attached hydrogens (tertiary/aromatic N) is 2. The van der Waals surface area contributed by atoms with Crippen LogP contribution in [-0.4, -0.2) is 16.1 Å². The second kappa shape index (κ2) is 7.95. The molecule has 0 bridgehead atoms. The number of nitrogens with one attached hydrogen (secondary N) is 1. The van der Waals surface area contributed by atoms with Crippen molar-refractivity contribution >= 4 is 11.6 Å². The van der Waals surface area contributed by atoms with Gasteiger partial charge in [-0.05, 0) is 43.7 Å². The second-order valence-electron chi connectivity index (χ2n) is 6.54. The first-order valence-corrected chi connectivity index (χ1v) is 8.88. The third kappa shape index (κ3) is 4.17. The van der Waals surface area contributed by atoms with Crippen LogP contribution in [0.15, 0.2) is 52.9 Å². The molecule has 1 atom stereocenters. The third-order valence-electron chi connectivity index (χ3n) is 4.27. The minimum atomic E-state index is -0.0137. The summed E-state index contributed by atoms with van der Waals surface area (Å²) in [6.45, 7) is 6.05. The van der Waals surface area contributed by atoms with Gasteiger partial charge in [0.1, 0.15) is 0 Å². The predicted molar refractivity (Wildman–Crippen MR) is 103 cm³/mol. The largest absolute Gasteiger partial charge is 0.416 e. The highest BCUT2D eigenvalue weighted by molar-refractivity contribution is 5.92. The fraction of sp³-hybridized carbons (Fsp3) is 0.286. The zero-order valence-electron chi connectivity index (χ0n) is 15.3. The number of rotatable bonds is 6. The molecule has 0 aliphatic heterocycles. The van der Waals surface area contributed by atoms with Crippen LogP contribution < -0.4 is 5.32 Å². The molecular formula is C21H23N3O2. The van der Waals surface area contributed by atoms with Gasteiger partial charge < -0.3 is 9.73 Å². The molecule has 1 N–H and O–H groups in total. The molecule has 0 spiro atoms. The van der Waals surface area contributed by atoms with Crippen LogP contribution in [0.2, 0.25) is 0 Å². The maximum Gasteiger partial charge on any atom is 0.248 e. The van der Waals surface area contributed by atoms with Gasteiger partial charge in [-0.2, -0.15) is 0 Å². The molecule has 26 heavy (non-hydrogen) atoms. The van der Waals surface area contributed by atoms with E-state index in [1.165, 1.54) is 5.56 Å². The quantitative estimate of drug-likeness (QED) is 0.673. The smallest absolute Gasteiger partial charge is 0.248 e. The molecular weight excluding hydrogens is 326 g/mol. The first-order valence-electron chi connectivity index (χ1n) is 8.88. The monoisotopic (exact) mass is 349 g/mol. The maximum absolute atomic E-state index is 12.2. The van der Waals surface area contributed by atoms with Crippen LogP contribution in [0, 0.1) is 12.8 Å². The summed E-state index contributed by atoms with van der Waals surface area (Å²) >= 11 is 0. The maximum atomic E-state index is 12.2.